The van der Waals surface area contributed by atoms with Crippen LogP contribution in [-0.4, -0.2) is 20.3 Å². The van der Waals surface area contributed by atoms with E-state index in [1.807, 2.05) is 6.07 Å². The van der Waals surface area contributed by atoms with E-state index in [4.69, 9.17) is 15.2 Å². The van der Waals surface area contributed by atoms with Gasteiger partial charge < -0.3 is 15.2 Å². The molecule has 0 spiro atoms. The lowest BCUT2D eigenvalue weighted by atomic mass is 9.89. The van der Waals surface area contributed by atoms with Crippen LogP contribution in [0.25, 0.3) is 0 Å². The average molecular weight is 249 g/mol. The Balaban J connectivity index is 2.07. The normalized spacial score (nSPS) is 18.6. The molecule has 0 radical (unpaired) electrons. The maximum atomic E-state index is 6.35. The SMILES string of the molecule is COc1ccc(C)cc1C(N)CC1CCOCC1. The van der Waals surface area contributed by atoms with Gasteiger partial charge in [-0.25, -0.2) is 0 Å². The van der Waals surface area contributed by atoms with Crippen molar-refractivity contribution in [1.29, 1.82) is 0 Å². The summed E-state index contributed by atoms with van der Waals surface area (Å²) in [5.74, 6) is 1.58. The Kier molecular flexibility index (Phi) is 4.61. The molecule has 0 aromatic heterocycles. The van der Waals surface area contributed by atoms with Crippen LogP contribution in [-0.2, 0) is 4.74 Å². The van der Waals surface area contributed by atoms with Crippen molar-refractivity contribution in [2.75, 3.05) is 20.3 Å². The zero-order valence-corrected chi connectivity index (χ0v) is 11.3. The van der Waals surface area contributed by atoms with Gasteiger partial charge in [0.2, 0.25) is 0 Å². The monoisotopic (exact) mass is 249 g/mol. The molecule has 0 amide bonds. The van der Waals surface area contributed by atoms with E-state index >= 15 is 0 Å². The van der Waals surface area contributed by atoms with E-state index in [9.17, 15) is 0 Å². The highest BCUT2D eigenvalue weighted by Gasteiger charge is 2.20. The Morgan fingerprint density at radius 3 is 2.78 bits per heavy atom. The fraction of sp³-hybridized carbons (Fsp3) is 0.600. The number of rotatable bonds is 4. The molecule has 0 saturated carbocycles. The summed E-state index contributed by atoms with van der Waals surface area (Å²) < 4.78 is 10.8. The Morgan fingerprint density at radius 1 is 1.39 bits per heavy atom. The predicted octanol–water partition coefficient (Wildman–Crippen LogP) is 2.82. The molecule has 1 unspecified atom stereocenters. The molecule has 1 fully saturated rings. The molecule has 100 valence electrons. The third-order valence-electron chi connectivity index (χ3n) is 3.71. The molecule has 1 saturated heterocycles. The van der Waals surface area contributed by atoms with E-state index in [-0.39, 0.29) is 6.04 Å². The van der Waals surface area contributed by atoms with Crippen molar-refractivity contribution in [2.45, 2.75) is 32.2 Å². The Hall–Kier alpha value is -1.06. The number of benzene rings is 1. The smallest absolute Gasteiger partial charge is 0.123 e. The van der Waals surface area contributed by atoms with Crippen LogP contribution < -0.4 is 10.5 Å². The van der Waals surface area contributed by atoms with Crippen molar-refractivity contribution in [3.8, 4) is 5.75 Å². The van der Waals surface area contributed by atoms with Gasteiger partial charge in [0.15, 0.2) is 0 Å². The molecule has 0 bridgehead atoms. The fourth-order valence-corrected chi connectivity index (χ4v) is 2.61. The molecular formula is C15H23NO2. The maximum absolute atomic E-state index is 6.35. The molecule has 0 aliphatic carbocycles. The molecule has 1 aliphatic heterocycles. The van der Waals surface area contributed by atoms with Crippen molar-refractivity contribution >= 4 is 0 Å². The molecule has 1 aromatic carbocycles. The fourth-order valence-electron chi connectivity index (χ4n) is 2.61. The van der Waals surface area contributed by atoms with Crippen LogP contribution in [0.15, 0.2) is 18.2 Å². The molecule has 2 rings (SSSR count). The molecule has 18 heavy (non-hydrogen) atoms. The van der Waals surface area contributed by atoms with Crippen LogP contribution >= 0.6 is 0 Å². The summed E-state index contributed by atoms with van der Waals surface area (Å²) in [4.78, 5) is 0. The molecule has 1 heterocycles. The number of nitrogens with two attached hydrogens (primary N) is 1. The van der Waals surface area contributed by atoms with Gasteiger partial charge in [0.25, 0.3) is 0 Å². The summed E-state index contributed by atoms with van der Waals surface area (Å²) in [6.07, 6.45) is 3.27. The van der Waals surface area contributed by atoms with Gasteiger partial charge in [-0.15, -0.1) is 0 Å². The standard InChI is InChI=1S/C15H23NO2/c1-11-3-4-15(17-2)13(9-11)14(16)10-12-5-7-18-8-6-12/h3-4,9,12,14H,5-8,10,16H2,1-2H3. The number of methoxy groups -OCH3 is 1. The molecular weight excluding hydrogens is 226 g/mol. The molecule has 1 atom stereocenters. The van der Waals surface area contributed by atoms with Gasteiger partial charge in [-0.1, -0.05) is 17.7 Å². The number of hydrogen-bond acceptors (Lipinski definition) is 3. The van der Waals surface area contributed by atoms with Gasteiger partial charge >= 0.3 is 0 Å². The van der Waals surface area contributed by atoms with E-state index in [1.54, 1.807) is 7.11 Å². The second-order valence-electron chi connectivity index (χ2n) is 5.14. The van der Waals surface area contributed by atoms with Crippen molar-refractivity contribution in [2.24, 2.45) is 11.7 Å². The minimum absolute atomic E-state index is 0.0583. The summed E-state index contributed by atoms with van der Waals surface area (Å²) in [6.45, 7) is 3.84. The van der Waals surface area contributed by atoms with Gasteiger partial charge in [0.05, 0.1) is 7.11 Å². The number of ether oxygens (including phenoxy) is 2. The van der Waals surface area contributed by atoms with Gasteiger partial charge in [-0.3, -0.25) is 0 Å². The van der Waals surface area contributed by atoms with Gasteiger partial charge in [-0.2, -0.15) is 0 Å². The van der Waals surface area contributed by atoms with Crippen molar-refractivity contribution < 1.29 is 9.47 Å². The van der Waals surface area contributed by atoms with Gasteiger partial charge in [-0.05, 0) is 38.2 Å². The van der Waals surface area contributed by atoms with Crippen LogP contribution in [0.2, 0.25) is 0 Å². The van der Waals surface area contributed by atoms with Crippen molar-refractivity contribution in [1.82, 2.24) is 0 Å². The largest absolute Gasteiger partial charge is 0.496 e. The molecule has 1 aromatic rings. The van der Waals surface area contributed by atoms with E-state index in [2.05, 4.69) is 19.1 Å². The first kappa shape index (κ1) is 13.4. The first-order valence-electron chi connectivity index (χ1n) is 6.68. The van der Waals surface area contributed by atoms with Gasteiger partial charge in [0, 0.05) is 24.8 Å². The van der Waals surface area contributed by atoms with Crippen LogP contribution in [0.4, 0.5) is 0 Å². The quantitative estimate of drug-likeness (QED) is 0.892. The zero-order valence-electron chi connectivity index (χ0n) is 11.3. The molecule has 1 aliphatic rings. The zero-order chi connectivity index (χ0) is 13.0. The van der Waals surface area contributed by atoms with E-state index in [1.165, 1.54) is 5.56 Å². The minimum atomic E-state index is 0.0583. The maximum Gasteiger partial charge on any atom is 0.123 e. The van der Waals surface area contributed by atoms with E-state index in [0.717, 1.165) is 43.8 Å². The predicted molar refractivity (Wildman–Crippen MR) is 72.8 cm³/mol. The van der Waals surface area contributed by atoms with Crippen LogP contribution in [0, 0.1) is 12.8 Å². The number of hydrogen-bond donors (Lipinski definition) is 1. The highest BCUT2D eigenvalue weighted by molar-refractivity contribution is 5.39. The number of aryl methyl sites for hydroxylation is 1. The van der Waals surface area contributed by atoms with Gasteiger partial charge in [0.1, 0.15) is 5.75 Å². The summed E-state index contributed by atoms with van der Waals surface area (Å²) in [7, 11) is 1.70. The first-order valence-corrected chi connectivity index (χ1v) is 6.68. The second kappa shape index (κ2) is 6.21. The lowest BCUT2D eigenvalue weighted by molar-refractivity contribution is 0.0618. The van der Waals surface area contributed by atoms with Crippen LogP contribution in [0.3, 0.4) is 0 Å². The summed E-state index contributed by atoms with van der Waals surface area (Å²) in [5, 5.41) is 0. The Labute approximate surface area is 109 Å². The van der Waals surface area contributed by atoms with E-state index < -0.39 is 0 Å². The van der Waals surface area contributed by atoms with Crippen LogP contribution in [0.5, 0.6) is 5.75 Å². The average Bonchev–Trinajstić information content (AvgIpc) is 2.40. The highest BCUT2D eigenvalue weighted by Crippen LogP contribution is 2.31. The lowest BCUT2D eigenvalue weighted by Gasteiger charge is -2.25. The molecule has 3 nitrogen and oxygen atoms in total. The van der Waals surface area contributed by atoms with Crippen molar-refractivity contribution in [3.05, 3.63) is 29.3 Å². The summed E-state index contributed by atoms with van der Waals surface area (Å²) in [6, 6.07) is 6.27. The van der Waals surface area contributed by atoms with E-state index in [0.29, 0.717) is 5.92 Å². The highest BCUT2D eigenvalue weighted by atomic mass is 16.5. The topological polar surface area (TPSA) is 44.5 Å². The lowest BCUT2D eigenvalue weighted by Crippen LogP contribution is -2.22. The molecule has 3 heteroatoms. The third-order valence-corrected chi connectivity index (χ3v) is 3.71. The molecule has 2 N–H and O–H groups in total. The van der Waals surface area contributed by atoms with Crippen molar-refractivity contribution in [3.63, 3.8) is 0 Å². The Morgan fingerprint density at radius 2 is 2.11 bits per heavy atom. The van der Waals surface area contributed by atoms with Crippen LogP contribution in [0.1, 0.15) is 36.4 Å². The third kappa shape index (κ3) is 3.24. The minimum Gasteiger partial charge on any atom is -0.496 e. The Bertz CT molecular complexity index is 386. The second-order valence-corrected chi connectivity index (χ2v) is 5.14. The first-order chi connectivity index (χ1) is 8.70. The summed E-state index contributed by atoms with van der Waals surface area (Å²) >= 11 is 0. The summed E-state index contributed by atoms with van der Waals surface area (Å²) in [5.41, 5.74) is 8.71.